The molecule has 1 aliphatic heterocycles. The number of halogens is 1. The van der Waals surface area contributed by atoms with Crippen LogP contribution in [-0.2, 0) is 4.79 Å². The summed E-state index contributed by atoms with van der Waals surface area (Å²) in [7, 11) is 0. The molecule has 3 aromatic rings. The Morgan fingerprint density at radius 3 is 2.22 bits per heavy atom. The van der Waals surface area contributed by atoms with Gasteiger partial charge in [-0.3, -0.25) is 9.59 Å². The minimum Gasteiger partial charge on any atom is -0.268 e. The minimum absolute atomic E-state index is 0.311. The van der Waals surface area contributed by atoms with E-state index in [4.69, 9.17) is 11.6 Å². The maximum atomic E-state index is 13.3. The van der Waals surface area contributed by atoms with Crippen LogP contribution in [0.5, 0.6) is 0 Å². The Bertz CT molecular complexity index is 1080. The highest BCUT2D eigenvalue weighted by molar-refractivity contribution is 6.43. The van der Waals surface area contributed by atoms with Crippen LogP contribution in [0.1, 0.15) is 27.0 Å². The molecule has 0 atom stereocenters. The first-order valence-electron chi connectivity index (χ1n) is 8.57. The van der Waals surface area contributed by atoms with Gasteiger partial charge in [0.05, 0.1) is 5.69 Å². The average Bonchev–Trinajstić information content (AvgIpc) is 2.67. The first kappa shape index (κ1) is 17.3. The Kier molecular flexibility index (Phi) is 4.38. The fraction of sp³-hybridized carbons (Fsp3) is 0.0435. The number of hydrogen-bond acceptors (Lipinski definition) is 2. The summed E-state index contributed by atoms with van der Waals surface area (Å²) in [6.45, 7) is 1.93. The molecule has 2 amide bonds. The normalized spacial score (nSPS) is 15.2. The van der Waals surface area contributed by atoms with E-state index in [9.17, 15) is 9.59 Å². The molecule has 4 rings (SSSR count). The SMILES string of the molecule is Cc1cccc(N2C(=O)/C(=C\c3ccc(Cl)cc3)c3ccccc3C2=O)c1. The molecule has 0 saturated heterocycles. The van der Waals surface area contributed by atoms with Crippen molar-refractivity contribution in [1.29, 1.82) is 0 Å². The van der Waals surface area contributed by atoms with Crippen LogP contribution in [0.15, 0.2) is 72.8 Å². The van der Waals surface area contributed by atoms with Gasteiger partial charge < -0.3 is 0 Å². The van der Waals surface area contributed by atoms with Gasteiger partial charge in [0, 0.05) is 16.2 Å². The molecule has 3 aromatic carbocycles. The van der Waals surface area contributed by atoms with Gasteiger partial charge in [-0.1, -0.05) is 54.1 Å². The van der Waals surface area contributed by atoms with Gasteiger partial charge in [-0.05, 0) is 60.0 Å². The van der Waals surface area contributed by atoms with Crippen LogP contribution in [0.25, 0.3) is 11.6 Å². The third-order valence-electron chi connectivity index (χ3n) is 4.53. The summed E-state index contributed by atoms with van der Waals surface area (Å²) in [5.74, 6) is -0.645. The summed E-state index contributed by atoms with van der Waals surface area (Å²) in [5, 5.41) is 0.629. The summed E-state index contributed by atoms with van der Waals surface area (Å²) in [6.07, 6.45) is 1.80. The van der Waals surface area contributed by atoms with Crippen molar-refractivity contribution in [2.24, 2.45) is 0 Å². The first-order chi connectivity index (χ1) is 13.0. The molecule has 0 unspecified atom stereocenters. The summed E-state index contributed by atoms with van der Waals surface area (Å²) < 4.78 is 0. The van der Waals surface area contributed by atoms with Gasteiger partial charge in [0.15, 0.2) is 0 Å². The van der Waals surface area contributed by atoms with E-state index in [1.165, 1.54) is 4.90 Å². The smallest absolute Gasteiger partial charge is 0.265 e. The number of imide groups is 1. The number of anilines is 1. The molecule has 0 spiro atoms. The van der Waals surface area contributed by atoms with E-state index >= 15 is 0 Å². The van der Waals surface area contributed by atoms with E-state index in [-0.39, 0.29) is 11.8 Å². The summed E-state index contributed by atoms with van der Waals surface area (Å²) in [4.78, 5) is 27.6. The minimum atomic E-state index is -0.334. The molecule has 0 fully saturated rings. The van der Waals surface area contributed by atoms with Crippen molar-refractivity contribution in [3.63, 3.8) is 0 Å². The quantitative estimate of drug-likeness (QED) is 0.447. The lowest BCUT2D eigenvalue weighted by Gasteiger charge is -2.29. The molecular formula is C23H16ClNO2. The summed E-state index contributed by atoms with van der Waals surface area (Å²) >= 11 is 5.96. The third kappa shape index (κ3) is 3.18. The number of aryl methyl sites for hydroxylation is 1. The largest absolute Gasteiger partial charge is 0.268 e. The molecule has 0 aliphatic carbocycles. The van der Waals surface area contributed by atoms with Crippen molar-refractivity contribution in [3.05, 3.63) is 100 Å². The summed E-state index contributed by atoms with van der Waals surface area (Å²) in [5.41, 5.74) is 4.03. The van der Waals surface area contributed by atoms with E-state index in [1.54, 1.807) is 42.5 Å². The Balaban J connectivity index is 1.90. The highest BCUT2D eigenvalue weighted by Gasteiger charge is 2.35. The van der Waals surface area contributed by atoms with Crippen LogP contribution in [0.4, 0.5) is 5.69 Å². The van der Waals surface area contributed by atoms with Gasteiger partial charge >= 0.3 is 0 Å². The van der Waals surface area contributed by atoms with Gasteiger partial charge in [-0.15, -0.1) is 0 Å². The zero-order chi connectivity index (χ0) is 19.0. The van der Waals surface area contributed by atoms with E-state index in [1.807, 2.05) is 43.3 Å². The Morgan fingerprint density at radius 1 is 0.815 bits per heavy atom. The Labute approximate surface area is 162 Å². The topological polar surface area (TPSA) is 37.4 Å². The average molecular weight is 374 g/mol. The molecule has 0 bridgehead atoms. The predicted molar refractivity (Wildman–Crippen MR) is 109 cm³/mol. The molecule has 1 aliphatic rings. The second kappa shape index (κ2) is 6.86. The molecule has 1 heterocycles. The second-order valence-electron chi connectivity index (χ2n) is 6.44. The molecular weight excluding hydrogens is 358 g/mol. The van der Waals surface area contributed by atoms with Crippen molar-refractivity contribution in [1.82, 2.24) is 0 Å². The Hall–Kier alpha value is -3.17. The van der Waals surface area contributed by atoms with Crippen LogP contribution in [0.3, 0.4) is 0 Å². The van der Waals surface area contributed by atoms with Gasteiger partial charge in [-0.25, -0.2) is 4.90 Å². The van der Waals surface area contributed by atoms with Crippen LogP contribution in [0, 0.1) is 6.92 Å². The van der Waals surface area contributed by atoms with Crippen LogP contribution in [0.2, 0.25) is 5.02 Å². The van der Waals surface area contributed by atoms with Crippen LogP contribution < -0.4 is 4.90 Å². The second-order valence-corrected chi connectivity index (χ2v) is 6.88. The number of amides is 2. The molecule has 3 nitrogen and oxygen atoms in total. The number of carbonyl (C=O) groups excluding carboxylic acids is 2. The molecule has 0 saturated carbocycles. The van der Waals surface area contributed by atoms with E-state index in [0.29, 0.717) is 27.4 Å². The van der Waals surface area contributed by atoms with Gasteiger partial charge in [0.25, 0.3) is 11.8 Å². The van der Waals surface area contributed by atoms with E-state index in [0.717, 1.165) is 11.1 Å². The predicted octanol–water partition coefficient (Wildman–Crippen LogP) is 5.38. The van der Waals surface area contributed by atoms with E-state index in [2.05, 4.69) is 0 Å². The lowest BCUT2D eigenvalue weighted by atomic mass is 9.91. The van der Waals surface area contributed by atoms with Crippen molar-refractivity contribution >= 4 is 40.8 Å². The van der Waals surface area contributed by atoms with Crippen LogP contribution >= 0.6 is 11.6 Å². The fourth-order valence-electron chi connectivity index (χ4n) is 3.22. The van der Waals surface area contributed by atoms with Gasteiger partial charge in [0.2, 0.25) is 0 Å². The number of carbonyl (C=O) groups is 2. The van der Waals surface area contributed by atoms with Crippen molar-refractivity contribution in [2.45, 2.75) is 6.92 Å². The van der Waals surface area contributed by atoms with Gasteiger partial charge in [0.1, 0.15) is 0 Å². The highest BCUT2D eigenvalue weighted by Crippen LogP contribution is 2.33. The molecule has 0 radical (unpaired) electrons. The fourth-order valence-corrected chi connectivity index (χ4v) is 3.35. The summed E-state index contributed by atoms with van der Waals surface area (Å²) in [6, 6.07) is 21.8. The molecule has 4 heteroatoms. The van der Waals surface area contributed by atoms with Gasteiger partial charge in [-0.2, -0.15) is 0 Å². The molecule has 0 N–H and O–H groups in total. The van der Waals surface area contributed by atoms with E-state index < -0.39 is 0 Å². The lowest BCUT2D eigenvalue weighted by molar-refractivity contribution is -0.112. The molecule has 0 aromatic heterocycles. The highest BCUT2D eigenvalue weighted by atomic mass is 35.5. The zero-order valence-corrected chi connectivity index (χ0v) is 15.4. The zero-order valence-electron chi connectivity index (χ0n) is 14.6. The number of benzene rings is 3. The van der Waals surface area contributed by atoms with Crippen molar-refractivity contribution in [2.75, 3.05) is 4.90 Å². The Morgan fingerprint density at radius 2 is 1.52 bits per heavy atom. The first-order valence-corrected chi connectivity index (χ1v) is 8.94. The standard InChI is InChI=1S/C23H16ClNO2/c1-15-5-4-6-18(13-15)25-22(26)20-8-3-2-7-19(20)21(23(25)27)14-16-9-11-17(24)12-10-16/h2-14H,1H3/b21-14-. The molecule has 132 valence electrons. The maximum Gasteiger partial charge on any atom is 0.265 e. The number of rotatable bonds is 2. The monoisotopic (exact) mass is 373 g/mol. The maximum absolute atomic E-state index is 13.3. The number of fused-ring (bicyclic) bond motifs is 1. The number of hydrogen-bond donors (Lipinski definition) is 0. The number of nitrogens with zero attached hydrogens (tertiary/aromatic N) is 1. The van der Waals surface area contributed by atoms with Crippen LogP contribution in [-0.4, -0.2) is 11.8 Å². The van der Waals surface area contributed by atoms with Crippen molar-refractivity contribution in [3.8, 4) is 0 Å². The third-order valence-corrected chi connectivity index (χ3v) is 4.78. The lowest BCUT2D eigenvalue weighted by Crippen LogP contribution is -2.41. The van der Waals surface area contributed by atoms with Crippen molar-refractivity contribution < 1.29 is 9.59 Å². The molecule has 27 heavy (non-hydrogen) atoms.